The molecule has 2 aromatic rings. The Balaban J connectivity index is 2.06. The van der Waals surface area contributed by atoms with Crippen molar-refractivity contribution in [1.82, 2.24) is 5.43 Å². The number of rotatable bonds is 4. The molecule has 0 bridgehead atoms. The number of hydrazone groups is 1. The number of carbonyl (C=O) groups is 1. The van der Waals surface area contributed by atoms with Crippen LogP contribution in [0.5, 0.6) is 5.75 Å². The minimum absolute atomic E-state index is 0.122. The van der Waals surface area contributed by atoms with Crippen molar-refractivity contribution < 1.29 is 14.6 Å². The predicted octanol–water partition coefficient (Wildman–Crippen LogP) is 2.66. The molecule has 0 heterocycles. The van der Waals surface area contributed by atoms with E-state index in [4.69, 9.17) is 12.2 Å². The predicted molar refractivity (Wildman–Crippen MR) is 93.4 cm³/mol. The van der Waals surface area contributed by atoms with Crippen molar-refractivity contribution in [3.05, 3.63) is 42.0 Å². The monoisotopic (exact) mass is 334 g/mol. The first-order valence-electron chi connectivity index (χ1n) is 6.35. The first-order valence-corrected chi connectivity index (χ1v) is 7.74. The fraction of sp³-hybridized carbons (Fsp3) is 0.133. The number of ether oxygens (including phenoxy) is 1. The molecule has 0 saturated carbocycles. The molecular weight excluding hydrogens is 320 g/mol. The lowest BCUT2D eigenvalue weighted by molar-refractivity contribution is -0.137. The van der Waals surface area contributed by atoms with Gasteiger partial charge in [0.2, 0.25) is 0 Å². The van der Waals surface area contributed by atoms with Gasteiger partial charge in [0.05, 0.1) is 19.1 Å². The van der Waals surface area contributed by atoms with E-state index >= 15 is 0 Å². The molecule has 0 fully saturated rings. The molecule has 5 nitrogen and oxygen atoms in total. The number of nitrogens with zero attached hydrogens (tertiary/aromatic N) is 1. The Bertz CT molecular complexity index is 732. The van der Waals surface area contributed by atoms with Gasteiger partial charge in [0.25, 0.3) is 0 Å². The van der Waals surface area contributed by atoms with Crippen LogP contribution in [0.2, 0.25) is 0 Å². The maximum atomic E-state index is 11.0. The largest absolute Gasteiger partial charge is 0.507 e. The van der Waals surface area contributed by atoms with Crippen LogP contribution < -0.4 is 5.43 Å². The number of thioether (sulfide) groups is 1. The van der Waals surface area contributed by atoms with Gasteiger partial charge in [-0.25, -0.2) is 0 Å². The quantitative estimate of drug-likeness (QED) is 0.388. The van der Waals surface area contributed by atoms with Crippen molar-refractivity contribution in [1.29, 1.82) is 0 Å². The second-order valence-electron chi connectivity index (χ2n) is 4.24. The second-order valence-corrected chi connectivity index (χ2v) is 5.89. The van der Waals surface area contributed by atoms with Crippen LogP contribution in [0.1, 0.15) is 5.56 Å². The van der Waals surface area contributed by atoms with Crippen LogP contribution in [-0.2, 0) is 9.53 Å². The number of methoxy groups -OCH3 is 1. The van der Waals surface area contributed by atoms with Crippen LogP contribution in [0.3, 0.4) is 0 Å². The van der Waals surface area contributed by atoms with Crippen molar-refractivity contribution in [3.63, 3.8) is 0 Å². The van der Waals surface area contributed by atoms with Gasteiger partial charge in [-0.05, 0) is 16.8 Å². The number of carbonyl (C=O) groups excluding carboxylic acids is 1. The lowest BCUT2D eigenvalue weighted by Crippen LogP contribution is -2.14. The second kappa shape index (κ2) is 7.77. The zero-order valence-corrected chi connectivity index (χ0v) is 13.4. The SMILES string of the molecule is COC(=O)CSC(=S)N/N=C/c1c(O)ccc2ccccc12. The zero-order valence-electron chi connectivity index (χ0n) is 11.8. The number of nitrogens with one attached hydrogen (secondary N) is 1. The van der Waals surface area contributed by atoms with Crippen LogP contribution in [-0.4, -0.2) is 34.5 Å². The number of hydrogen-bond acceptors (Lipinski definition) is 6. The van der Waals surface area contributed by atoms with E-state index < -0.39 is 0 Å². The summed E-state index contributed by atoms with van der Waals surface area (Å²) in [5, 5.41) is 15.9. The molecule has 0 aliphatic heterocycles. The molecule has 0 amide bonds. The van der Waals surface area contributed by atoms with E-state index in [9.17, 15) is 9.90 Å². The highest BCUT2D eigenvalue weighted by atomic mass is 32.2. The van der Waals surface area contributed by atoms with E-state index in [1.807, 2.05) is 30.3 Å². The van der Waals surface area contributed by atoms with Crippen LogP contribution in [0.15, 0.2) is 41.5 Å². The van der Waals surface area contributed by atoms with Gasteiger partial charge >= 0.3 is 5.97 Å². The number of phenols is 1. The fourth-order valence-electron chi connectivity index (χ4n) is 1.78. The van der Waals surface area contributed by atoms with Gasteiger partial charge < -0.3 is 9.84 Å². The molecule has 2 aromatic carbocycles. The molecule has 0 saturated heterocycles. The molecule has 2 rings (SSSR count). The minimum atomic E-state index is -0.357. The van der Waals surface area contributed by atoms with E-state index in [2.05, 4.69) is 15.3 Å². The number of esters is 1. The average molecular weight is 334 g/mol. The number of aromatic hydroxyl groups is 1. The maximum Gasteiger partial charge on any atom is 0.316 e. The molecule has 0 radical (unpaired) electrons. The Morgan fingerprint density at radius 1 is 1.41 bits per heavy atom. The van der Waals surface area contributed by atoms with Crippen molar-refractivity contribution in [2.45, 2.75) is 0 Å². The molecule has 22 heavy (non-hydrogen) atoms. The van der Waals surface area contributed by atoms with Gasteiger partial charge in [-0.1, -0.05) is 54.3 Å². The van der Waals surface area contributed by atoms with Gasteiger partial charge in [-0.2, -0.15) is 5.10 Å². The van der Waals surface area contributed by atoms with Gasteiger partial charge in [0.15, 0.2) is 4.32 Å². The number of phenolic OH excluding ortho intramolecular Hbond substituents is 1. The first-order chi connectivity index (χ1) is 10.6. The smallest absolute Gasteiger partial charge is 0.316 e. The van der Waals surface area contributed by atoms with Crippen LogP contribution in [0.25, 0.3) is 10.8 Å². The van der Waals surface area contributed by atoms with Crippen molar-refractivity contribution in [2.75, 3.05) is 12.9 Å². The average Bonchev–Trinajstić information content (AvgIpc) is 2.54. The van der Waals surface area contributed by atoms with Crippen molar-refractivity contribution in [3.8, 4) is 5.75 Å². The summed E-state index contributed by atoms with van der Waals surface area (Å²) in [6, 6.07) is 11.1. The van der Waals surface area contributed by atoms with Crippen molar-refractivity contribution in [2.24, 2.45) is 5.10 Å². The molecule has 0 aliphatic rings. The molecule has 0 spiro atoms. The summed E-state index contributed by atoms with van der Waals surface area (Å²) >= 11 is 6.15. The van der Waals surface area contributed by atoms with E-state index in [1.54, 1.807) is 6.07 Å². The van der Waals surface area contributed by atoms with Gasteiger partial charge in [-0.3, -0.25) is 10.2 Å². The van der Waals surface area contributed by atoms with Crippen LogP contribution >= 0.6 is 24.0 Å². The van der Waals surface area contributed by atoms with E-state index in [0.717, 1.165) is 22.5 Å². The summed E-state index contributed by atoms with van der Waals surface area (Å²) in [6.45, 7) is 0. The van der Waals surface area contributed by atoms with E-state index in [1.165, 1.54) is 13.3 Å². The molecule has 114 valence electrons. The van der Waals surface area contributed by atoms with Crippen molar-refractivity contribution >= 4 is 51.3 Å². The molecular formula is C15H14N2O3S2. The third kappa shape index (κ3) is 4.19. The van der Waals surface area contributed by atoms with Gasteiger partial charge in [0.1, 0.15) is 5.75 Å². The van der Waals surface area contributed by atoms with E-state index in [0.29, 0.717) is 9.88 Å². The van der Waals surface area contributed by atoms with E-state index in [-0.39, 0.29) is 17.5 Å². The van der Waals surface area contributed by atoms with Crippen LogP contribution in [0, 0.1) is 0 Å². The lowest BCUT2D eigenvalue weighted by Gasteiger charge is -2.05. The fourth-order valence-corrected chi connectivity index (χ4v) is 2.50. The Morgan fingerprint density at radius 2 is 2.18 bits per heavy atom. The summed E-state index contributed by atoms with van der Waals surface area (Å²) in [6.07, 6.45) is 1.50. The summed E-state index contributed by atoms with van der Waals surface area (Å²) < 4.78 is 4.87. The normalized spacial score (nSPS) is 10.8. The highest BCUT2D eigenvalue weighted by molar-refractivity contribution is 8.23. The zero-order chi connectivity index (χ0) is 15.9. The summed E-state index contributed by atoms with van der Waals surface area (Å²) in [5.41, 5.74) is 3.25. The Kier molecular flexibility index (Phi) is 5.74. The topological polar surface area (TPSA) is 70.9 Å². The number of fused-ring (bicyclic) bond motifs is 1. The summed E-state index contributed by atoms with van der Waals surface area (Å²) in [7, 11) is 1.32. The standard InChI is InChI=1S/C15H14N2O3S2/c1-20-14(19)9-22-15(21)17-16-8-12-11-5-3-2-4-10(11)6-7-13(12)18/h2-8,18H,9H2,1H3,(H,17,21)/b16-8+. The Morgan fingerprint density at radius 3 is 2.95 bits per heavy atom. The number of benzene rings is 2. The summed E-state index contributed by atoms with van der Waals surface area (Å²) in [5.74, 6) is -0.0978. The van der Waals surface area contributed by atoms with Gasteiger partial charge in [-0.15, -0.1) is 0 Å². The molecule has 0 unspecified atom stereocenters. The third-order valence-electron chi connectivity index (χ3n) is 2.85. The van der Waals surface area contributed by atoms with Crippen LogP contribution in [0.4, 0.5) is 0 Å². The summed E-state index contributed by atoms with van der Waals surface area (Å²) in [4.78, 5) is 11.0. The van der Waals surface area contributed by atoms with Gasteiger partial charge in [0, 0.05) is 5.56 Å². The molecule has 2 N–H and O–H groups in total. The highest BCUT2D eigenvalue weighted by Crippen LogP contribution is 2.25. The molecule has 7 heteroatoms. The Hall–Kier alpha value is -2.12. The molecule has 0 atom stereocenters. The lowest BCUT2D eigenvalue weighted by atomic mass is 10.0. The Labute approximate surface area is 137 Å². The molecule has 0 aromatic heterocycles. The molecule has 0 aliphatic carbocycles. The highest BCUT2D eigenvalue weighted by Gasteiger charge is 2.05. The first kappa shape index (κ1) is 16.3. The number of thiocarbonyl (C=S) groups is 1. The maximum absolute atomic E-state index is 11.0. The number of hydrogen-bond donors (Lipinski definition) is 2. The minimum Gasteiger partial charge on any atom is -0.507 e. The third-order valence-corrected chi connectivity index (χ3v) is 4.02.